The minimum Gasteiger partial charge on any atom is -0.330 e. The highest BCUT2D eigenvalue weighted by Gasteiger charge is 2.19. The lowest BCUT2D eigenvalue weighted by Gasteiger charge is -2.25. The van der Waals surface area contributed by atoms with Crippen LogP contribution in [0.1, 0.15) is 60.9 Å². The number of ketones is 1. The van der Waals surface area contributed by atoms with E-state index in [-0.39, 0.29) is 5.78 Å². The lowest BCUT2D eigenvalue weighted by Crippen LogP contribution is -2.17. The lowest BCUT2D eigenvalue weighted by atomic mass is 9.80. The van der Waals surface area contributed by atoms with Crippen molar-refractivity contribution < 1.29 is 4.79 Å². The van der Waals surface area contributed by atoms with Crippen LogP contribution in [0, 0.1) is 5.92 Å². The van der Waals surface area contributed by atoms with Gasteiger partial charge in [0.2, 0.25) is 0 Å². The van der Waals surface area contributed by atoms with E-state index in [9.17, 15) is 4.79 Å². The maximum atomic E-state index is 12.1. The molecular weight excluding hydrogens is 222 g/mol. The third kappa shape index (κ3) is 2.99. The summed E-state index contributed by atoms with van der Waals surface area (Å²) in [4.78, 5) is 12.1. The van der Waals surface area contributed by atoms with E-state index in [0.717, 1.165) is 17.9 Å². The Labute approximate surface area is 110 Å². The van der Waals surface area contributed by atoms with Gasteiger partial charge in [-0.05, 0) is 36.8 Å². The van der Waals surface area contributed by atoms with Crippen molar-refractivity contribution in [1.82, 2.24) is 0 Å². The van der Waals surface area contributed by atoms with Crippen molar-refractivity contribution >= 4 is 5.78 Å². The van der Waals surface area contributed by atoms with Crippen molar-refractivity contribution in [3.63, 3.8) is 0 Å². The maximum absolute atomic E-state index is 12.1. The van der Waals surface area contributed by atoms with Crippen LogP contribution in [0.5, 0.6) is 0 Å². The van der Waals surface area contributed by atoms with Crippen LogP contribution in [0.25, 0.3) is 0 Å². The smallest absolute Gasteiger partial charge is 0.163 e. The number of hydrogen-bond acceptors (Lipinski definition) is 2. The minimum absolute atomic E-state index is 0.229. The van der Waals surface area contributed by atoms with Gasteiger partial charge in [0.15, 0.2) is 5.78 Å². The molecule has 98 valence electrons. The summed E-state index contributed by atoms with van der Waals surface area (Å²) in [6, 6.07) is 8.22. The quantitative estimate of drug-likeness (QED) is 0.779. The van der Waals surface area contributed by atoms with Gasteiger partial charge in [-0.15, -0.1) is 0 Å². The van der Waals surface area contributed by atoms with Crippen LogP contribution in [-0.4, -0.2) is 12.3 Å². The second kappa shape index (κ2) is 6.14. The summed E-state index contributed by atoms with van der Waals surface area (Å²) in [6.07, 6.45) is 5.51. The van der Waals surface area contributed by atoms with Crippen LogP contribution in [0.2, 0.25) is 0 Å². The predicted molar refractivity (Wildman–Crippen MR) is 74.8 cm³/mol. The van der Waals surface area contributed by atoms with Gasteiger partial charge < -0.3 is 5.73 Å². The zero-order chi connectivity index (χ0) is 13.0. The molecule has 1 unspecified atom stereocenters. The molecule has 0 aromatic heterocycles. The van der Waals surface area contributed by atoms with Crippen LogP contribution in [0.3, 0.4) is 0 Å². The van der Waals surface area contributed by atoms with E-state index >= 15 is 0 Å². The van der Waals surface area contributed by atoms with Crippen LogP contribution in [-0.2, 0) is 0 Å². The molecule has 0 aliphatic heterocycles. The molecule has 1 aliphatic rings. The summed E-state index contributed by atoms with van der Waals surface area (Å²) < 4.78 is 0. The zero-order valence-electron chi connectivity index (χ0n) is 11.2. The van der Waals surface area contributed by atoms with Crippen LogP contribution >= 0.6 is 0 Å². The Morgan fingerprint density at radius 1 is 1.33 bits per heavy atom. The van der Waals surface area contributed by atoms with Gasteiger partial charge in [0.05, 0.1) is 0 Å². The van der Waals surface area contributed by atoms with Gasteiger partial charge in [-0.1, -0.05) is 44.0 Å². The van der Waals surface area contributed by atoms with Crippen molar-refractivity contribution in [3.05, 3.63) is 35.4 Å². The number of nitrogens with two attached hydrogens (primary N) is 1. The Bertz CT molecular complexity index is 388. The van der Waals surface area contributed by atoms with E-state index in [1.54, 1.807) is 0 Å². The topological polar surface area (TPSA) is 43.1 Å². The summed E-state index contributed by atoms with van der Waals surface area (Å²) in [5, 5.41) is 0. The molecule has 1 aliphatic carbocycles. The lowest BCUT2D eigenvalue weighted by molar-refractivity contribution is 0.0961. The summed E-state index contributed by atoms with van der Waals surface area (Å²) in [5.41, 5.74) is 7.88. The highest BCUT2D eigenvalue weighted by atomic mass is 16.1. The van der Waals surface area contributed by atoms with Gasteiger partial charge in [0.25, 0.3) is 0 Å². The Balaban J connectivity index is 1.97. The van der Waals surface area contributed by atoms with E-state index < -0.39 is 0 Å². The molecule has 0 spiro atoms. The number of rotatable bonds is 6. The van der Waals surface area contributed by atoms with Gasteiger partial charge in [-0.3, -0.25) is 4.79 Å². The van der Waals surface area contributed by atoms with Crippen molar-refractivity contribution in [2.24, 2.45) is 11.7 Å². The Hall–Kier alpha value is -1.15. The van der Waals surface area contributed by atoms with Crippen LogP contribution in [0.15, 0.2) is 24.3 Å². The second-order valence-corrected chi connectivity index (χ2v) is 5.39. The first-order chi connectivity index (χ1) is 8.74. The minimum atomic E-state index is 0.229. The van der Waals surface area contributed by atoms with E-state index in [4.69, 9.17) is 5.73 Å². The van der Waals surface area contributed by atoms with Gasteiger partial charge in [0.1, 0.15) is 0 Å². The van der Waals surface area contributed by atoms with Crippen LogP contribution < -0.4 is 5.73 Å². The first-order valence-corrected chi connectivity index (χ1v) is 7.07. The van der Waals surface area contributed by atoms with Gasteiger partial charge in [-0.25, -0.2) is 0 Å². The molecule has 1 saturated carbocycles. The van der Waals surface area contributed by atoms with Crippen molar-refractivity contribution in [2.75, 3.05) is 6.54 Å². The third-order valence-corrected chi connectivity index (χ3v) is 4.19. The summed E-state index contributed by atoms with van der Waals surface area (Å²) >= 11 is 0. The largest absolute Gasteiger partial charge is 0.330 e. The number of carbonyl (C=O) groups excluding carboxylic acids is 1. The molecule has 0 amide bonds. The SMILES string of the molecule is CCC(CN)CC(=O)c1ccc(C2CCC2)cc1. The monoisotopic (exact) mass is 245 g/mol. The Morgan fingerprint density at radius 2 is 2.00 bits per heavy atom. The Morgan fingerprint density at radius 3 is 2.44 bits per heavy atom. The van der Waals surface area contributed by atoms with E-state index in [2.05, 4.69) is 19.1 Å². The average molecular weight is 245 g/mol. The molecule has 0 saturated heterocycles. The number of carbonyl (C=O) groups is 1. The first kappa shape index (κ1) is 13.3. The average Bonchev–Trinajstić information content (AvgIpc) is 2.34. The predicted octanol–water partition coefficient (Wildman–Crippen LogP) is 3.51. The number of Topliss-reactive ketones (excluding diaryl/α,β-unsaturated/α-hetero) is 1. The molecule has 0 bridgehead atoms. The third-order valence-electron chi connectivity index (χ3n) is 4.19. The molecule has 2 nitrogen and oxygen atoms in total. The molecule has 2 rings (SSSR count). The molecule has 0 heterocycles. The molecule has 1 atom stereocenters. The number of benzene rings is 1. The summed E-state index contributed by atoms with van der Waals surface area (Å²) in [5.74, 6) is 1.29. The molecule has 2 heteroatoms. The molecule has 1 aromatic carbocycles. The molecule has 2 N–H and O–H groups in total. The Kier molecular flexibility index (Phi) is 4.54. The summed E-state index contributed by atoms with van der Waals surface area (Å²) in [7, 11) is 0. The molecule has 0 radical (unpaired) electrons. The number of hydrogen-bond donors (Lipinski definition) is 1. The van der Waals surface area contributed by atoms with Gasteiger partial charge in [0, 0.05) is 12.0 Å². The van der Waals surface area contributed by atoms with E-state index in [1.165, 1.54) is 24.8 Å². The summed E-state index contributed by atoms with van der Waals surface area (Å²) in [6.45, 7) is 2.69. The highest BCUT2D eigenvalue weighted by Crippen LogP contribution is 2.36. The standard InChI is InChI=1S/C16H23NO/c1-2-12(11-17)10-16(18)15-8-6-14(7-9-15)13-4-3-5-13/h6-9,12-13H,2-5,10-11,17H2,1H3. The van der Waals surface area contributed by atoms with Crippen molar-refractivity contribution in [3.8, 4) is 0 Å². The van der Waals surface area contributed by atoms with Gasteiger partial charge in [-0.2, -0.15) is 0 Å². The zero-order valence-corrected chi connectivity index (χ0v) is 11.2. The molecule has 1 fully saturated rings. The fraction of sp³-hybridized carbons (Fsp3) is 0.562. The maximum Gasteiger partial charge on any atom is 0.163 e. The highest BCUT2D eigenvalue weighted by molar-refractivity contribution is 5.96. The normalized spacial score (nSPS) is 17.2. The first-order valence-electron chi connectivity index (χ1n) is 7.07. The molecule has 18 heavy (non-hydrogen) atoms. The van der Waals surface area contributed by atoms with Crippen molar-refractivity contribution in [1.29, 1.82) is 0 Å². The molecular formula is C16H23NO. The van der Waals surface area contributed by atoms with Crippen LogP contribution in [0.4, 0.5) is 0 Å². The molecule has 1 aromatic rings. The van der Waals surface area contributed by atoms with Crippen molar-refractivity contribution in [2.45, 2.75) is 44.9 Å². The fourth-order valence-electron chi connectivity index (χ4n) is 2.46. The van der Waals surface area contributed by atoms with E-state index in [0.29, 0.717) is 18.9 Å². The second-order valence-electron chi connectivity index (χ2n) is 5.39. The van der Waals surface area contributed by atoms with Gasteiger partial charge >= 0.3 is 0 Å². The van der Waals surface area contributed by atoms with E-state index in [1.807, 2.05) is 12.1 Å². The fourth-order valence-corrected chi connectivity index (χ4v) is 2.46.